The minimum atomic E-state index is -1.62. The van der Waals surface area contributed by atoms with Gasteiger partial charge in [0.25, 0.3) is 0 Å². The van der Waals surface area contributed by atoms with E-state index in [4.69, 9.17) is 23.2 Å². The Morgan fingerprint density at radius 1 is 0.750 bits per heavy atom. The van der Waals surface area contributed by atoms with Crippen molar-refractivity contribution in [1.82, 2.24) is 0 Å². The lowest BCUT2D eigenvalue weighted by Gasteiger charge is -2.11. The SMILES string of the molecule is Cc1cc(C(=O)OC(=O)OC(=O)c2cc(C)c(Cl)c(C)c2O)c(O)c(C)c1Cl. The van der Waals surface area contributed by atoms with Crippen LogP contribution in [0.1, 0.15) is 43.0 Å². The minimum absolute atomic E-state index is 0.232. The van der Waals surface area contributed by atoms with Crippen molar-refractivity contribution in [3.8, 4) is 11.5 Å². The highest BCUT2D eigenvalue weighted by molar-refractivity contribution is 6.33. The lowest BCUT2D eigenvalue weighted by Crippen LogP contribution is -2.18. The van der Waals surface area contributed by atoms with Gasteiger partial charge in [0.05, 0.1) is 10.0 Å². The molecule has 0 aliphatic rings. The van der Waals surface area contributed by atoms with Crippen molar-refractivity contribution in [2.24, 2.45) is 0 Å². The summed E-state index contributed by atoms with van der Waals surface area (Å²) in [6.45, 7) is 6.16. The number of carbonyl (C=O) groups is 3. The normalized spacial score (nSPS) is 10.5. The first kappa shape index (κ1) is 21.5. The molecule has 0 aromatic heterocycles. The number of ether oxygens (including phenoxy) is 2. The average Bonchev–Trinajstić information content (AvgIpc) is 2.63. The van der Waals surface area contributed by atoms with Gasteiger partial charge in [-0.2, -0.15) is 0 Å². The first-order valence-corrected chi connectivity index (χ1v) is 8.66. The summed E-state index contributed by atoms with van der Waals surface area (Å²) in [5.41, 5.74) is 0.788. The highest BCUT2D eigenvalue weighted by Gasteiger charge is 2.25. The number of rotatable bonds is 2. The summed E-state index contributed by atoms with van der Waals surface area (Å²) >= 11 is 11.9. The van der Waals surface area contributed by atoms with Crippen molar-refractivity contribution in [3.05, 3.63) is 55.6 Å². The molecule has 28 heavy (non-hydrogen) atoms. The van der Waals surface area contributed by atoms with Crippen molar-refractivity contribution in [2.45, 2.75) is 27.7 Å². The van der Waals surface area contributed by atoms with Crippen LogP contribution in [0.25, 0.3) is 0 Å². The smallest absolute Gasteiger partial charge is 0.507 e. The number of hydrogen-bond acceptors (Lipinski definition) is 7. The predicted molar refractivity (Wildman–Crippen MR) is 101 cm³/mol. The Hall–Kier alpha value is -2.77. The molecule has 0 amide bonds. The molecule has 9 heteroatoms. The number of esters is 2. The topological polar surface area (TPSA) is 110 Å². The average molecular weight is 427 g/mol. The van der Waals surface area contributed by atoms with Crippen LogP contribution in [0, 0.1) is 27.7 Å². The summed E-state index contributed by atoms with van der Waals surface area (Å²) in [6, 6.07) is 2.47. The molecule has 2 aromatic carbocycles. The monoisotopic (exact) mass is 426 g/mol. The van der Waals surface area contributed by atoms with Crippen molar-refractivity contribution >= 4 is 41.3 Å². The largest absolute Gasteiger partial charge is 0.524 e. The first-order valence-electron chi connectivity index (χ1n) is 7.91. The van der Waals surface area contributed by atoms with Gasteiger partial charge in [-0.3, -0.25) is 0 Å². The zero-order valence-corrected chi connectivity index (χ0v) is 16.9. The maximum absolute atomic E-state index is 12.1. The molecule has 0 aliphatic heterocycles. The Morgan fingerprint density at radius 3 is 1.39 bits per heavy atom. The van der Waals surface area contributed by atoms with Crippen LogP contribution < -0.4 is 0 Å². The Kier molecular flexibility index (Phi) is 6.21. The molecule has 0 heterocycles. The summed E-state index contributed by atoms with van der Waals surface area (Å²) < 4.78 is 8.90. The van der Waals surface area contributed by atoms with Gasteiger partial charge in [0.1, 0.15) is 22.6 Å². The highest BCUT2D eigenvalue weighted by Crippen LogP contribution is 2.33. The molecule has 0 atom stereocenters. The maximum atomic E-state index is 12.1. The molecule has 148 valence electrons. The van der Waals surface area contributed by atoms with Gasteiger partial charge in [0.2, 0.25) is 0 Å². The molecule has 2 N–H and O–H groups in total. The zero-order chi connectivity index (χ0) is 21.3. The summed E-state index contributed by atoms with van der Waals surface area (Å²) in [5.74, 6) is -3.38. The van der Waals surface area contributed by atoms with Gasteiger partial charge in [0, 0.05) is 11.1 Å². The molecule has 0 radical (unpaired) electrons. The molecule has 2 rings (SSSR count). The number of phenolic OH excluding ortho intramolecular Hbond substituents is 2. The second-order valence-electron chi connectivity index (χ2n) is 6.09. The molecule has 0 fully saturated rings. The number of benzene rings is 2. The Labute approximate surface area is 170 Å². The molecule has 0 aliphatic carbocycles. The molecular formula is C19H16Cl2O7. The molecule has 0 unspecified atom stereocenters. The van der Waals surface area contributed by atoms with Crippen LogP contribution in [0.2, 0.25) is 10.0 Å². The maximum Gasteiger partial charge on any atom is 0.524 e. The van der Waals surface area contributed by atoms with Crippen molar-refractivity contribution in [1.29, 1.82) is 0 Å². The van der Waals surface area contributed by atoms with E-state index in [1.54, 1.807) is 13.8 Å². The van der Waals surface area contributed by atoms with E-state index < -0.39 is 29.6 Å². The van der Waals surface area contributed by atoms with Crippen molar-refractivity contribution in [2.75, 3.05) is 0 Å². The Balaban J connectivity index is 2.19. The first-order chi connectivity index (χ1) is 13.0. The van der Waals surface area contributed by atoms with Gasteiger partial charge in [0.15, 0.2) is 0 Å². The van der Waals surface area contributed by atoms with E-state index in [0.29, 0.717) is 11.1 Å². The molecule has 0 saturated carbocycles. The van der Waals surface area contributed by atoms with E-state index >= 15 is 0 Å². The molecule has 0 spiro atoms. The fourth-order valence-corrected chi connectivity index (χ4v) is 2.78. The van der Waals surface area contributed by atoms with Crippen LogP contribution in [0.15, 0.2) is 12.1 Å². The van der Waals surface area contributed by atoms with Crippen molar-refractivity contribution < 1.29 is 34.1 Å². The number of hydrogen-bond donors (Lipinski definition) is 2. The fraction of sp³-hybridized carbons (Fsp3) is 0.211. The second-order valence-corrected chi connectivity index (χ2v) is 6.84. The summed E-state index contributed by atoms with van der Waals surface area (Å²) in [5, 5.41) is 20.6. The summed E-state index contributed by atoms with van der Waals surface area (Å²) in [6.07, 6.45) is -1.62. The third-order valence-corrected chi connectivity index (χ3v) is 5.25. The number of halogens is 2. The van der Waals surface area contributed by atoms with Gasteiger partial charge in [-0.1, -0.05) is 23.2 Å². The van der Waals surface area contributed by atoms with Crippen molar-refractivity contribution in [3.63, 3.8) is 0 Å². The Morgan fingerprint density at radius 2 is 1.07 bits per heavy atom. The molecular weight excluding hydrogens is 411 g/mol. The minimum Gasteiger partial charge on any atom is -0.507 e. The van der Waals surface area contributed by atoms with Gasteiger partial charge >= 0.3 is 18.1 Å². The predicted octanol–water partition coefficient (Wildman–Crippen LogP) is 4.77. The lowest BCUT2D eigenvalue weighted by atomic mass is 10.1. The van der Waals surface area contributed by atoms with Crippen LogP contribution in [-0.2, 0) is 9.47 Å². The lowest BCUT2D eigenvalue weighted by molar-refractivity contribution is 0.0335. The molecule has 0 saturated heterocycles. The molecule has 0 bridgehead atoms. The summed E-state index contributed by atoms with van der Waals surface area (Å²) in [4.78, 5) is 36.1. The third kappa shape index (κ3) is 4.05. The van der Waals surface area contributed by atoms with E-state index in [-0.39, 0.29) is 32.3 Å². The summed E-state index contributed by atoms with van der Waals surface area (Å²) in [7, 11) is 0. The zero-order valence-electron chi connectivity index (χ0n) is 15.3. The second kappa shape index (κ2) is 8.08. The standard InChI is InChI=1S/C19H16Cl2O7/c1-7-5-11(15(22)9(3)13(7)20)17(24)27-19(26)28-18(25)12-6-8(2)14(21)10(4)16(12)23/h5-6,22-23H,1-4H3. The number of phenols is 2. The Bertz CT molecular complexity index is 933. The third-order valence-electron chi connectivity index (χ3n) is 4.09. The van der Waals surface area contributed by atoms with E-state index in [0.717, 1.165) is 0 Å². The number of aromatic hydroxyl groups is 2. The van der Waals surface area contributed by atoms with Crippen LogP contribution in [0.4, 0.5) is 4.79 Å². The van der Waals surface area contributed by atoms with Gasteiger partial charge in [-0.05, 0) is 51.0 Å². The van der Waals surface area contributed by atoms with Crippen LogP contribution in [0.5, 0.6) is 11.5 Å². The van der Waals surface area contributed by atoms with E-state index in [2.05, 4.69) is 9.47 Å². The number of aryl methyl sites for hydroxylation is 2. The van der Waals surface area contributed by atoms with Gasteiger partial charge in [-0.25, -0.2) is 14.4 Å². The quantitative estimate of drug-likeness (QED) is 0.525. The van der Waals surface area contributed by atoms with Crippen LogP contribution in [-0.4, -0.2) is 28.3 Å². The molecule has 7 nitrogen and oxygen atoms in total. The van der Waals surface area contributed by atoms with E-state index in [9.17, 15) is 24.6 Å². The van der Waals surface area contributed by atoms with Crippen LogP contribution >= 0.6 is 23.2 Å². The van der Waals surface area contributed by atoms with Gasteiger partial charge in [-0.15, -0.1) is 0 Å². The van der Waals surface area contributed by atoms with Gasteiger partial charge < -0.3 is 19.7 Å². The fourth-order valence-electron chi connectivity index (χ4n) is 2.49. The van der Waals surface area contributed by atoms with E-state index in [1.807, 2.05) is 0 Å². The molecule has 2 aromatic rings. The number of carbonyl (C=O) groups excluding carboxylic acids is 3. The van der Waals surface area contributed by atoms with E-state index in [1.165, 1.54) is 26.0 Å². The van der Waals surface area contributed by atoms with Crippen LogP contribution in [0.3, 0.4) is 0 Å². The highest BCUT2D eigenvalue weighted by atomic mass is 35.5.